The second-order valence-electron chi connectivity index (χ2n) is 7.07. The second-order valence-corrected chi connectivity index (χ2v) is 7.07. The second kappa shape index (κ2) is 9.87. The molecule has 0 aliphatic carbocycles. The molecule has 1 aliphatic heterocycles. The first-order valence-electron chi connectivity index (χ1n) is 9.89. The maximum atomic E-state index is 12.6. The van der Waals surface area contributed by atoms with E-state index in [1.165, 1.54) is 0 Å². The number of benzene rings is 2. The van der Waals surface area contributed by atoms with Crippen LogP contribution in [0.15, 0.2) is 48.5 Å². The third kappa shape index (κ3) is 5.34. The van der Waals surface area contributed by atoms with Crippen LogP contribution in [-0.2, 0) is 4.79 Å². The Hall–Kier alpha value is -3.42. The first-order valence-corrected chi connectivity index (χ1v) is 9.89. The molecule has 0 saturated carbocycles. The summed E-state index contributed by atoms with van der Waals surface area (Å²) in [4.78, 5) is 29.1. The van der Waals surface area contributed by atoms with Crippen molar-refractivity contribution in [2.45, 2.75) is 13.0 Å². The molecule has 3 amide bonds. The summed E-state index contributed by atoms with van der Waals surface area (Å²) in [6, 6.07) is 14.3. The van der Waals surface area contributed by atoms with Gasteiger partial charge in [-0.3, -0.25) is 4.79 Å². The van der Waals surface area contributed by atoms with Crippen LogP contribution >= 0.6 is 0 Å². The van der Waals surface area contributed by atoms with E-state index in [1.54, 1.807) is 44.2 Å². The molecule has 8 nitrogen and oxygen atoms in total. The van der Waals surface area contributed by atoms with Gasteiger partial charge in [-0.25, -0.2) is 4.79 Å². The Morgan fingerprint density at radius 1 is 0.933 bits per heavy atom. The number of hydrogen-bond donors (Lipinski definition) is 2. The van der Waals surface area contributed by atoms with Crippen molar-refractivity contribution >= 4 is 23.3 Å². The Balaban J connectivity index is 1.51. The molecule has 1 saturated heterocycles. The smallest absolute Gasteiger partial charge is 0.318 e. The highest BCUT2D eigenvalue weighted by molar-refractivity contribution is 5.97. The van der Waals surface area contributed by atoms with Crippen LogP contribution in [0.25, 0.3) is 0 Å². The van der Waals surface area contributed by atoms with Gasteiger partial charge in [0.15, 0.2) is 0 Å². The van der Waals surface area contributed by atoms with Crippen molar-refractivity contribution in [1.82, 2.24) is 10.2 Å². The number of rotatable bonds is 6. The van der Waals surface area contributed by atoms with E-state index in [4.69, 9.17) is 9.47 Å². The Morgan fingerprint density at radius 2 is 1.53 bits per heavy atom. The molecular weight excluding hydrogens is 384 g/mol. The normalized spacial score (nSPS) is 14.6. The van der Waals surface area contributed by atoms with Gasteiger partial charge in [-0.1, -0.05) is 18.2 Å². The van der Waals surface area contributed by atoms with Crippen LogP contribution in [-0.4, -0.2) is 63.3 Å². The van der Waals surface area contributed by atoms with E-state index in [-0.39, 0.29) is 11.9 Å². The van der Waals surface area contributed by atoms with Gasteiger partial charge < -0.3 is 29.9 Å². The highest BCUT2D eigenvalue weighted by Crippen LogP contribution is 2.25. The molecule has 160 valence electrons. The Labute approximate surface area is 176 Å². The Bertz CT molecular complexity index is 844. The Kier molecular flexibility index (Phi) is 7.00. The van der Waals surface area contributed by atoms with Gasteiger partial charge in [0.05, 0.1) is 14.2 Å². The summed E-state index contributed by atoms with van der Waals surface area (Å²) < 4.78 is 10.4. The molecule has 0 radical (unpaired) electrons. The molecule has 1 aliphatic rings. The van der Waals surface area contributed by atoms with Crippen molar-refractivity contribution in [2.75, 3.05) is 50.6 Å². The predicted molar refractivity (Wildman–Crippen MR) is 116 cm³/mol. The van der Waals surface area contributed by atoms with E-state index in [9.17, 15) is 9.59 Å². The van der Waals surface area contributed by atoms with E-state index in [1.807, 2.05) is 18.2 Å². The number of anilines is 2. The quantitative estimate of drug-likeness (QED) is 0.762. The lowest BCUT2D eigenvalue weighted by Gasteiger charge is -2.36. The molecule has 3 rings (SSSR count). The first kappa shape index (κ1) is 21.3. The van der Waals surface area contributed by atoms with Gasteiger partial charge in [0.1, 0.15) is 17.5 Å². The number of urea groups is 1. The third-order valence-electron chi connectivity index (χ3n) is 5.04. The molecule has 0 aromatic heterocycles. The first-order chi connectivity index (χ1) is 14.5. The number of amides is 3. The summed E-state index contributed by atoms with van der Waals surface area (Å²) in [5.74, 6) is 0.817. The summed E-state index contributed by atoms with van der Waals surface area (Å²) in [5.41, 5.74) is 1.69. The van der Waals surface area contributed by atoms with Gasteiger partial charge in [0, 0.05) is 55.8 Å². The molecule has 8 heteroatoms. The summed E-state index contributed by atoms with van der Waals surface area (Å²) in [5, 5.41) is 5.56. The number of piperazine rings is 1. The SMILES string of the molecule is COc1cc(NC(=O)[C@@H](C)NC(=O)N2CCN(c3ccccc3)CC2)cc(OC)c1. The zero-order valence-electron chi connectivity index (χ0n) is 17.6. The fraction of sp³-hybridized carbons (Fsp3) is 0.364. The van der Waals surface area contributed by atoms with Gasteiger partial charge in [-0.15, -0.1) is 0 Å². The van der Waals surface area contributed by atoms with Crippen molar-refractivity contribution in [3.05, 3.63) is 48.5 Å². The van der Waals surface area contributed by atoms with Gasteiger partial charge in [-0.05, 0) is 19.1 Å². The van der Waals surface area contributed by atoms with E-state index in [0.29, 0.717) is 30.3 Å². The lowest BCUT2D eigenvalue weighted by molar-refractivity contribution is -0.117. The topological polar surface area (TPSA) is 83.1 Å². The molecule has 0 unspecified atom stereocenters. The number of nitrogens with zero attached hydrogens (tertiary/aromatic N) is 2. The van der Waals surface area contributed by atoms with E-state index < -0.39 is 6.04 Å². The third-order valence-corrected chi connectivity index (χ3v) is 5.04. The lowest BCUT2D eigenvalue weighted by atomic mass is 10.2. The van der Waals surface area contributed by atoms with Crippen LogP contribution in [0.5, 0.6) is 11.5 Å². The summed E-state index contributed by atoms with van der Waals surface area (Å²) >= 11 is 0. The molecule has 1 fully saturated rings. The molecule has 0 bridgehead atoms. The maximum Gasteiger partial charge on any atom is 0.318 e. The minimum absolute atomic E-state index is 0.242. The molecule has 2 N–H and O–H groups in total. The lowest BCUT2D eigenvalue weighted by Crippen LogP contribution is -2.54. The molecule has 1 heterocycles. The predicted octanol–water partition coefficient (Wildman–Crippen LogP) is 2.56. The molecule has 2 aromatic carbocycles. The van der Waals surface area contributed by atoms with E-state index >= 15 is 0 Å². The van der Waals surface area contributed by atoms with Crippen molar-refractivity contribution in [1.29, 1.82) is 0 Å². The van der Waals surface area contributed by atoms with Crippen LogP contribution in [0, 0.1) is 0 Å². The monoisotopic (exact) mass is 412 g/mol. The molecule has 2 aromatic rings. The zero-order valence-corrected chi connectivity index (χ0v) is 17.6. The molecule has 30 heavy (non-hydrogen) atoms. The number of para-hydroxylation sites is 1. The van der Waals surface area contributed by atoms with Crippen molar-refractivity contribution in [3.63, 3.8) is 0 Å². The fourth-order valence-electron chi connectivity index (χ4n) is 3.28. The largest absolute Gasteiger partial charge is 0.497 e. The van der Waals surface area contributed by atoms with Crippen molar-refractivity contribution < 1.29 is 19.1 Å². The standard InChI is InChI=1S/C22H28N4O4/c1-16(21(27)24-17-13-19(29-2)15-20(14-17)30-3)23-22(28)26-11-9-25(10-12-26)18-7-5-4-6-8-18/h4-8,13-16H,9-12H2,1-3H3,(H,23,28)(H,24,27)/t16-/m1/s1. The molecule has 0 spiro atoms. The van der Waals surface area contributed by atoms with Gasteiger partial charge in [-0.2, -0.15) is 0 Å². The minimum Gasteiger partial charge on any atom is -0.497 e. The number of carbonyl (C=O) groups is 2. The van der Waals surface area contributed by atoms with Gasteiger partial charge in [0.2, 0.25) is 5.91 Å². The van der Waals surface area contributed by atoms with Crippen LogP contribution in [0.4, 0.5) is 16.2 Å². The maximum absolute atomic E-state index is 12.6. The average molecular weight is 412 g/mol. The number of nitrogens with one attached hydrogen (secondary N) is 2. The van der Waals surface area contributed by atoms with Crippen molar-refractivity contribution in [2.24, 2.45) is 0 Å². The zero-order chi connectivity index (χ0) is 21.5. The Morgan fingerprint density at radius 3 is 2.10 bits per heavy atom. The number of methoxy groups -OCH3 is 2. The summed E-state index contributed by atoms with van der Waals surface area (Å²) in [7, 11) is 3.08. The fourth-order valence-corrected chi connectivity index (χ4v) is 3.28. The summed E-state index contributed by atoms with van der Waals surface area (Å²) in [6.07, 6.45) is 0. The number of carbonyl (C=O) groups excluding carboxylic acids is 2. The average Bonchev–Trinajstić information content (AvgIpc) is 2.79. The molecular formula is C22H28N4O4. The number of hydrogen-bond acceptors (Lipinski definition) is 5. The van der Waals surface area contributed by atoms with Gasteiger partial charge >= 0.3 is 6.03 Å². The summed E-state index contributed by atoms with van der Waals surface area (Å²) in [6.45, 7) is 4.36. The minimum atomic E-state index is -0.693. The van der Waals surface area contributed by atoms with Crippen LogP contribution in [0.1, 0.15) is 6.92 Å². The van der Waals surface area contributed by atoms with Crippen LogP contribution < -0.4 is 25.0 Å². The molecule has 1 atom stereocenters. The van der Waals surface area contributed by atoms with Crippen LogP contribution in [0.3, 0.4) is 0 Å². The van der Waals surface area contributed by atoms with E-state index in [2.05, 4.69) is 27.7 Å². The van der Waals surface area contributed by atoms with Gasteiger partial charge in [0.25, 0.3) is 0 Å². The van der Waals surface area contributed by atoms with E-state index in [0.717, 1.165) is 18.8 Å². The van der Waals surface area contributed by atoms with Crippen molar-refractivity contribution in [3.8, 4) is 11.5 Å². The highest BCUT2D eigenvalue weighted by Gasteiger charge is 2.24. The van der Waals surface area contributed by atoms with Crippen LogP contribution in [0.2, 0.25) is 0 Å². The number of ether oxygens (including phenoxy) is 2. The highest BCUT2D eigenvalue weighted by atomic mass is 16.5.